The summed E-state index contributed by atoms with van der Waals surface area (Å²) in [6, 6.07) is 13.2. The molecule has 0 radical (unpaired) electrons. The highest BCUT2D eigenvalue weighted by molar-refractivity contribution is 6.01. The van der Waals surface area contributed by atoms with Gasteiger partial charge in [0.1, 0.15) is 11.6 Å². The highest BCUT2D eigenvalue weighted by Gasteiger charge is 2.45. The number of allylic oxidation sites excluding steroid dienone is 1. The van der Waals surface area contributed by atoms with Crippen LogP contribution < -0.4 is 10.2 Å². The summed E-state index contributed by atoms with van der Waals surface area (Å²) in [5.74, 6) is -0.874. The number of rotatable bonds is 2. The van der Waals surface area contributed by atoms with Crippen molar-refractivity contribution < 1.29 is 14.0 Å². The second kappa shape index (κ2) is 7.14. The van der Waals surface area contributed by atoms with Crippen LogP contribution in [0, 0.1) is 17.2 Å². The number of nitrogens with zero attached hydrogens (tertiary/aromatic N) is 1. The number of carbonyl (C=O) groups is 2. The van der Waals surface area contributed by atoms with E-state index in [1.54, 1.807) is 17.0 Å². The van der Waals surface area contributed by atoms with Crippen molar-refractivity contribution in [3.8, 4) is 0 Å². The van der Waals surface area contributed by atoms with Crippen LogP contribution in [0.25, 0.3) is 0 Å². The van der Waals surface area contributed by atoms with Crippen molar-refractivity contribution in [2.45, 2.75) is 39.7 Å². The zero-order valence-corrected chi connectivity index (χ0v) is 16.9. The van der Waals surface area contributed by atoms with Gasteiger partial charge < -0.3 is 10.2 Å². The molecule has 4 nitrogen and oxygen atoms in total. The molecule has 1 aliphatic carbocycles. The zero-order chi connectivity index (χ0) is 20.8. The molecule has 2 aromatic carbocycles. The fraction of sp³-hybridized carbons (Fsp3) is 0.333. The first kappa shape index (κ1) is 19.4. The molecule has 0 bridgehead atoms. The lowest BCUT2D eigenvalue weighted by Gasteiger charge is -2.39. The van der Waals surface area contributed by atoms with Crippen molar-refractivity contribution in [3.63, 3.8) is 0 Å². The van der Waals surface area contributed by atoms with E-state index in [2.05, 4.69) is 11.4 Å². The van der Waals surface area contributed by atoms with Gasteiger partial charge in [-0.05, 0) is 35.2 Å². The molecule has 4 rings (SSSR count). The highest BCUT2D eigenvalue weighted by atomic mass is 19.1. The molecular formula is C24H25FN2O2. The van der Waals surface area contributed by atoms with Crippen molar-refractivity contribution in [2.75, 3.05) is 10.2 Å². The summed E-state index contributed by atoms with van der Waals surface area (Å²) in [5.41, 5.74) is 2.80. The summed E-state index contributed by atoms with van der Waals surface area (Å²) in [4.78, 5) is 28.2. The number of nitrogens with one attached hydrogen (secondary N) is 1. The maximum atomic E-state index is 13.6. The molecule has 0 saturated heterocycles. The number of anilines is 2. The Hall–Kier alpha value is -2.95. The second-order valence-corrected chi connectivity index (χ2v) is 8.46. The van der Waals surface area contributed by atoms with Gasteiger partial charge in [-0.25, -0.2) is 4.39 Å². The fourth-order valence-electron chi connectivity index (χ4n) is 4.46. The largest absolute Gasteiger partial charge is 0.357 e. The number of hydrogen-bond acceptors (Lipinski definition) is 3. The summed E-state index contributed by atoms with van der Waals surface area (Å²) in [6.45, 7) is 5.89. The van der Waals surface area contributed by atoms with E-state index in [4.69, 9.17) is 0 Å². The number of halogens is 1. The summed E-state index contributed by atoms with van der Waals surface area (Å²) >= 11 is 0. The Morgan fingerprint density at radius 3 is 2.55 bits per heavy atom. The predicted molar refractivity (Wildman–Crippen MR) is 112 cm³/mol. The van der Waals surface area contributed by atoms with E-state index in [1.165, 1.54) is 12.1 Å². The second-order valence-electron chi connectivity index (χ2n) is 8.46. The van der Waals surface area contributed by atoms with E-state index in [1.807, 2.05) is 45.0 Å². The molecule has 0 saturated carbocycles. The van der Waals surface area contributed by atoms with Crippen LogP contribution in [0.15, 0.2) is 60.3 Å². The molecule has 5 heteroatoms. The fourth-order valence-corrected chi connectivity index (χ4v) is 4.46. The molecule has 2 aliphatic rings. The van der Waals surface area contributed by atoms with Gasteiger partial charge in [-0.15, -0.1) is 0 Å². The van der Waals surface area contributed by atoms with Gasteiger partial charge >= 0.3 is 0 Å². The average molecular weight is 392 g/mol. The van der Waals surface area contributed by atoms with Crippen LogP contribution in [0.3, 0.4) is 0 Å². The minimum Gasteiger partial charge on any atom is -0.357 e. The van der Waals surface area contributed by atoms with Gasteiger partial charge in [-0.2, -0.15) is 0 Å². The van der Waals surface area contributed by atoms with Crippen molar-refractivity contribution in [1.29, 1.82) is 0 Å². The Balaban J connectivity index is 1.99. The van der Waals surface area contributed by atoms with Gasteiger partial charge in [0.2, 0.25) is 5.91 Å². The topological polar surface area (TPSA) is 49.4 Å². The van der Waals surface area contributed by atoms with Crippen LogP contribution >= 0.6 is 0 Å². The van der Waals surface area contributed by atoms with Crippen LogP contribution in [0.5, 0.6) is 0 Å². The van der Waals surface area contributed by atoms with Crippen molar-refractivity contribution in [1.82, 2.24) is 0 Å². The van der Waals surface area contributed by atoms with E-state index in [0.717, 1.165) is 22.6 Å². The predicted octanol–water partition coefficient (Wildman–Crippen LogP) is 5.23. The Kier molecular flexibility index (Phi) is 4.77. The quantitative estimate of drug-likeness (QED) is 0.761. The first-order chi connectivity index (χ1) is 13.8. The number of carbonyl (C=O) groups excluding carboxylic acids is 2. The van der Waals surface area contributed by atoms with Crippen molar-refractivity contribution in [3.05, 3.63) is 71.7 Å². The standard InChI is InChI=1S/C24H25FN2O2/c1-4-21(29)27-19-8-6-5-7-17(19)26-18-13-24(2,3)14-20(28)22(18)23(27)15-9-11-16(25)12-10-15/h5-13,22-23,26H,4,14H2,1-3H3. The average Bonchev–Trinajstić information content (AvgIpc) is 2.81. The summed E-state index contributed by atoms with van der Waals surface area (Å²) < 4.78 is 13.6. The summed E-state index contributed by atoms with van der Waals surface area (Å²) in [7, 11) is 0. The van der Waals surface area contributed by atoms with E-state index in [9.17, 15) is 14.0 Å². The SMILES string of the molecule is CCC(=O)N1c2ccccc2NC2=CC(C)(C)CC(=O)C2C1c1ccc(F)cc1. The maximum absolute atomic E-state index is 13.6. The zero-order valence-electron chi connectivity index (χ0n) is 16.9. The smallest absolute Gasteiger partial charge is 0.227 e. The Morgan fingerprint density at radius 2 is 1.86 bits per heavy atom. The molecule has 0 aromatic heterocycles. The van der Waals surface area contributed by atoms with Crippen LogP contribution in [-0.4, -0.2) is 11.7 Å². The molecule has 2 atom stereocenters. The molecular weight excluding hydrogens is 367 g/mol. The monoisotopic (exact) mass is 392 g/mol. The molecule has 1 aliphatic heterocycles. The number of ketones is 1. The maximum Gasteiger partial charge on any atom is 0.227 e. The third kappa shape index (κ3) is 3.46. The van der Waals surface area contributed by atoms with Crippen LogP contribution in [0.4, 0.5) is 15.8 Å². The van der Waals surface area contributed by atoms with E-state index < -0.39 is 12.0 Å². The van der Waals surface area contributed by atoms with E-state index in [-0.39, 0.29) is 22.9 Å². The minimum atomic E-state index is -0.533. The summed E-state index contributed by atoms with van der Waals surface area (Å²) in [6.07, 6.45) is 2.80. The highest BCUT2D eigenvalue weighted by Crippen LogP contribution is 2.48. The van der Waals surface area contributed by atoms with Gasteiger partial charge in [0.15, 0.2) is 0 Å². The number of para-hydroxylation sites is 2. The lowest BCUT2D eigenvalue weighted by Crippen LogP contribution is -2.43. The van der Waals surface area contributed by atoms with Gasteiger partial charge in [-0.1, -0.05) is 51.1 Å². The molecule has 2 unspecified atom stereocenters. The van der Waals surface area contributed by atoms with Crippen molar-refractivity contribution >= 4 is 23.1 Å². The number of benzene rings is 2. The Bertz CT molecular complexity index is 994. The minimum absolute atomic E-state index is 0.0764. The van der Waals surface area contributed by atoms with Gasteiger partial charge in [0.05, 0.1) is 23.3 Å². The van der Waals surface area contributed by atoms with Crippen LogP contribution in [-0.2, 0) is 9.59 Å². The number of amides is 1. The molecule has 150 valence electrons. The molecule has 29 heavy (non-hydrogen) atoms. The number of Topliss-reactive ketones (excluding diaryl/α,β-unsaturated/α-hetero) is 1. The van der Waals surface area contributed by atoms with Crippen molar-refractivity contribution in [2.24, 2.45) is 11.3 Å². The molecule has 1 N–H and O–H groups in total. The molecule has 1 amide bonds. The number of fused-ring (bicyclic) bond motifs is 2. The molecule has 1 heterocycles. The first-order valence-corrected chi connectivity index (χ1v) is 10.00. The number of hydrogen-bond donors (Lipinski definition) is 1. The van der Waals surface area contributed by atoms with Gasteiger partial charge in [0, 0.05) is 18.5 Å². The lowest BCUT2D eigenvalue weighted by molar-refractivity contribution is -0.125. The Morgan fingerprint density at radius 1 is 1.17 bits per heavy atom. The van der Waals surface area contributed by atoms with Crippen LogP contribution in [0.2, 0.25) is 0 Å². The van der Waals surface area contributed by atoms with Crippen LogP contribution in [0.1, 0.15) is 45.2 Å². The normalized spacial score (nSPS) is 22.7. The molecule has 2 aromatic rings. The molecule has 0 fully saturated rings. The van der Waals surface area contributed by atoms with E-state index in [0.29, 0.717) is 12.8 Å². The Labute approximate surface area is 170 Å². The lowest BCUT2D eigenvalue weighted by atomic mass is 9.72. The third-order valence-electron chi connectivity index (χ3n) is 5.68. The van der Waals surface area contributed by atoms with Gasteiger partial charge in [-0.3, -0.25) is 9.59 Å². The van der Waals surface area contributed by atoms with Gasteiger partial charge in [0.25, 0.3) is 0 Å². The molecule has 0 spiro atoms. The first-order valence-electron chi connectivity index (χ1n) is 10.00. The third-order valence-corrected chi connectivity index (χ3v) is 5.68. The summed E-state index contributed by atoms with van der Waals surface area (Å²) in [5, 5.41) is 3.44. The van der Waals surface area contributed by atoms with E-state index >= 15 is 0 Å².